The van der Waals surface area contributed by atoms with Crippen LogP contribution < -0.4 is 5.32 Å². The smallest absolute Gasteiger partial charge is 0.303 e. The summed E-state index contributed by atoms with van der Waals surface area (Å²) in [5.74, 6) is -0.848. The number of para-hydroxylation sites is 1. The second-order valence-electron chi connectivity index (χ2n) is 7.49. The van der Waals surface area contributed by atoms with Crippen molar-refractivity contribution in [1.29, 1.82) is 0 Å². The number of aromatic nitrogens is 1. The molecule has 1 N–H and O–H groups in total. The van der Waals surface area contributed by atoms with Gasteiger partial charge in [-0.25, -0.2) is 8.42 Å². The van der Waals surface area contributed by atoms with E-state index in [0.717, 1.165) is 28.2 Å². The monoisotopic (exact) mass is 454 g/mol. The van der Waals surface area contributed by atoms with E-state index in [1.807, 2.05) is 37.3 Å². The molecule has 2 aromatic carbocycles. The Morgan fingerprint density at radius 2 is 1.69 bits per heavy atom. The van der Waals surface area contributed by atoms with Gasteiger partial charge in [-0.1, -0.05) is 30.3 Å². The van der Waals surface area contributed by atoms with Gasteiger partial charge >= 0.3 is 5.97 Å². The van der Waals surface area contributed by atoms with Crippen LogP contribution in [0.25, 0.3) is 16.9 Å². The highest BCUT2D eigenvalue weighted by molar-refractivity contribution is 7.90. The fourth-order valence-corrected chi connectivity index (χ4v) is 4.09. The quantitative estimate of drug-likeness (QED) is 0.528. The number of benzene rings is 2. The van der Waals surface area contributed by atoms with E-state index < -0.39 is 15.8 Å². The first-order chi connectivity index (χ1) is 15.2. The SMILES string of the molecule is CC(=O)OCC(=O)NCCc1cc(-c2ccc(S(C)(=O)=O)cc2)n(-c2ccccc2)c1C. The third-order valence-corrected chi connectivity index (χ3v) is 6.20. The maximum Gasteiger partial charge on any atom is 0.303 e. The molecule has 0 aliphatic rings. The fraction of sp³-hybridized carbons (Fsp3) is 0.250. The van der Waals surface area contributed by atoms with Crippen molar-refractivity contribution in [2.45, 2.75) is 25.2 Å². The number of carbonyl (C=O) groups is 2. The van der Waals surface area contributed by atoms with E-state index >= 15 is 0 Å². The maximum absolute atomic E-state index is 11.8. The molecule has 0 unspecified atom stereocenters. The average molecular weight is 455 g/mol. The van der Waals surface area contributed by atoms with E-state index in [-0.39, 0.29) is 17.4 Å². The minimum Gasteiger partial charge on any atom is -0.456 e. The lowest BCUT2D eigenvalue weighted by Gasteiger charge is -2.13. The van der Waals surface area contributed by atoms with Crippen LogP contribution in [0.3, 0.4) is 0 Å². The molecule has 0 bridgehead atoms. The molecule has 0 fully saturated rings. The van der Waals surface area contributed by atoms with Crippen LogP contribution in [0.4, 0.5) is 0 Å². The van der Waals surface area contributed by atoms with Crippen LogP contribution in [-0.2, 0) is 30.6 Å². The number of hydrogen-bond donors (Lipinski definition) is 1. The van der Waals surface area contributed by atoms with Crippen LogP contribution in [0.2, 0.25) is 0 Å². The van der Waals surface area contributed by atoms with Gasteiger partial charge in [0.25, 0.3) is 5.91 Å². The van der Waals surface area contributed by atoms with E-state index in [9.17, 15) is 18.0 Å². The molecule has 0 aliphatic heterocycles. The van der Waals surface area contributed by atoms with Crippen molar-refractivity contribution < 1.29 is 22.7 Å². The van der Waals surface area contributed by atoms with Crippen LogP contribution in [0.1, 0.15) is 18.2 Å². The lowest BCUT2D eigenvalue weighted by molar-refractivity contribution is -0.146. The summed E-state index contributed by atoms with van der Waals surface area (Å²) in [6, 6.07) is 18.7. The van der Waals surface area contributed by atoms with Crippen molar-refractivity contribution in [3.05, 3.63) is 71.9 Å². The van der Waals surface area contributed by atoms with Gasteiger partial charge in [-0.15, -0.1) is 0 Å². The van der Waals surface area contributed by atoms with Gasteiger partial charge in [-0.3, -0.25) is 9.59 Å². The van der Waals surface area contributed by atoms with E-state index in [1.165, 1.54) is 13.2 Å². The minimum absolute atomic E-state index is 0.270. The number of hydrogen-bond acceptors (Lipinski definition) is 5. The van der Waals surface area contributed by atoms with Gasteiger partial charge in [0.15, 0.2) is 16.4 Å². The summed E-state index contributed by atoms with van der Waals surface area (Å²) in [6.45, 7) is 3.37. The Morgan fingerprint density at radius 1 is 1.03 bits per heavy atom. The minimum atomic E-state index is -3.28. The third kappa shape index (κ3) is 5.64. The Bertz CT molecular complexity index is 1210. The number of ether oxygens (including phenoxy) is 1. The zero-order valence-corrected chi connectivity index (χ0v) is 19.1. The topological polar surface area (TPSA) is 94.5 Å². The first-order valence-electron chi connectivity index (χ1n) is 10.1. The Morgan fingerprint density at radius 3 is 2.28 bits per heavy atom. The second kappa shape index (κ2) is 9.82. The summed E-state index contributed by atoms with van der Waals surface area (Å²) in [4.78, 5) is 22.9. The van der Waals surface area contributed by atoms with Crippen LogP contribution in [0, 0.1) is 6.92 Å². The van der Waals surface area contributed by atoms with Crippen molar-refractivity contribution >= 4 is 21.7 Å². The van der Waals surface area contributed by atoms with Crippen molar-refractivity contribution in [2.75, 3.05) is 19.4 Å². The number of nitrogens with zero attached hydrogens (tertiary/aromatic N) is 1. The predicted octanol–water partition coefficient (Wildman–Crippen LogP) is 3.08. The lowest BCUT2D eigenvalue weighted by Crippen LogP contribution is -2.30. The molecule has 0 saturated heterocycles. The van der Waals surface area contributed by atoms with Crippen LogP contribution in [0.5, 0.6) is 0 Å². The summed E-state index contributed by atoms with van der Waals surface area (Å²) in [5, 5.41) is 2.75. The Kier molecular flexibility index (Phi) is 7.15. The Hall–Kier alpha value is -3.39. The fourth-order valence-electron chi connectivity index (χ4n) is 3.46. The molecule has 3 rings (SSSR count). The van der Waals surface area contributed by atoms with Crippen molar-refractivity contribution in [2.24, 2.45) is 0 Å². The van der Waals surface area contributed by atoms with Gasteiger partial charge in [-0.05, 0) is 54.8 Å². The van der Waals surface area contributed by atoms with Gasteiger partial charge in [0.1, 0.15) is 0 Å². The van der Waals surface area contributed by atoms with Crippen LogP contribution in [-0.4, -0.2) is 44.3 Å². The summed E-state index contributed by atoms with van der Waals surface area (Å²) in [7, 11) is -3.28. The highest BCUT2D eigenvalue weighted by Gasteiger charge is 2.16. The highest BCUT2D eigenvalue weighted by atomic mass is 32.2. The van der Waals surface area contributed by atoms with Gasteiger partial charge in [0.2, 0.25) is 0 Å². The molecular formula is C24H26N2O5S. The molecule has 0 radical (unpaired) electrons. The predicted molar refractivity (Wildman–Crippen MR) is 122 cm³/mol. The molecule has 1 aromatic heterocycles. The Labute approximate surface area is 187 Å². The van der Waals surface area contributed by atoms with Gasteiger partial charge in [-0.2, -0.15) is 0 Å². The number of rotatable bonds is 8. The summed E-state index contributed by atoms with van der Waals surface area (Å²) in [6.07, 6.45) is 1.78. The van der Waals surface area contributed by atoms with Crippen molar-refractivity contribution in [3.8, 4) is 16.9 Å². The molecule has 1 heterocycles. The maximum atomic E-state index is 11.8. The number of nitrogens with one attached hydrogen (secondary N) is 1. The normalized spacial score (nSPS) is 11.2. The lowest BCUT2D eigenvalue weighted by atomic mass is 10.1. The average Bonchev–Trinajstić information content (AvgIpc) is 3.08. The van der Waals surface area contributed by atoms with E-state index in [2.05, 4.69) is 16.0 Å². The zero-order valence-electron chi connectivity index (χ0n) is 18.3. The van der Waals surface area contributed by atoms with Gasteiger partial charge in [0.05, 0.1) is 10.6 Å². The molecule has 1 amide bonds. The van der Waals surface area contributed by atoms with Crippen molar-refractivity contribution in [1.82, 2.24) is 9.88 Å². The van der Waals surface area contributed by atoms with E-state index in [4.69, 9.17) is 4.74 Å². The largest absolute Gasteiger partial charge is 0.456 e. The summed E-state index contributed by atoms with van der Waals surface area (Å²) in [5.41, 5.74) is 4.86. The molecule has 168 valence electrons. The Balaban J connectivity index is 1.89. The first kappa shape index (κ1) is 23.3. The molecule has 32 heavy (non-hydrogen) atoms. The molecule has 8 heteroatoms. The highest BCUT2D eigenvalue weighted by Crippen LogP contribution is 2.30. The molecule has 0 atom stereocenters. The van der Waals surface area contributed by atoms with E-state index in [0.29, 0.717) is 13.0 Å². The van der Waals surface area contributed by atoms with Gasteiger partial charge in [0, 0.05) is 31.1 Å². The number of esters is 1. The molecule has 3 aromatic rings. The standard InChI is InChI=1S/C24H26N2O5S/c1-17-20(13-14-25-24(28)16-31-18(2)27)15-23(26(17)21-7-5-4-6-8-21)19-9-11-22(12-10-19)32(3,29)30/h4-12,15H,13-14,16H2,1-3H3,(H,25,28). The van der Waals surface area contributed by atoms with E-state index in [1.54, 1.807) is 24.3 Å². The number of amides is 1. The molecule has 0 aliphatic carbocycles. The molecule has 0 saturated carbocycles. The first-order valence-corrected chi connectivity index (χ1v) is 12.0. The van der Waals surface area contributed by atoms with Gasteiger partial charge < -0.3 is 14.6 Å². The summed E-state index contributed by atoms with van der Waals surface area (Å²) >= 11 is 0. The molecule has 7 nitrogen and oxygen atoms in total. The second-order valence-corrected chi connectivity index (χ2v) is 9.50. The summed E-state index contributed by atoms with van der Waals surface area (Å²) < 4.78 is 30.5. The number of carbonyl (C=O) groups excluding carboxylic acids is 2. The van der Waals surface area contributed by atoms with Crippen molar-refractivity contribution in [3.63, 3.8) is 0 Å². The molecule has 0 spiro atoms. The molecular weight excluding hydrogens is 428 g/mol. The van der Waals surface area contributed by atoms with Crippen LogP contribution >= 0.6 is 0 Å². The number of sulfone groups is 1. The third-order valence-electron chi connectivity index (χ3n) is 5.07. The zero-order chi connectivity index (χ0) is 23.3. The van der Waals surface area contributed by atoms with Crippen LogP contribution in [0.15, 0.2) is 65.6 Å².